The van der Waals surface area contributed by atoms with E-state index in [1.54, 1.807) is 0 Å². The molecule has 2 atom stereocenters. The third kappa shape index (κ3) is 1.68. The molecule has 1 heteroatoms. The number of hydrogen-bond acceptors (Lipinski definition) is 1. The van der Waals surface area contributed by atoms with Crippen LogP contribution in [-0.2, 0) is 0 Å². The van der Waals surface area contributed by atoms with Crippen LogP contribution in [0.2, 0.25) is 0 Å². The molecular formula is C8H16O. The fourth-order valence-electron chi connectivity index (χ4n) is 1.72. The van der Waals surface area contributed by atoms with Crippen molar-refractivity contribution < 1.29 is 5.11 Å². The minimum Gasteiger partial charge on any atom is -0.396 e. The molecule has 1 fully saturated rings. The van der Waals surface area contributed by atoms with Crippen LogP contribution in [0.15, 0.2) is 0 Å². The van der Waals surface area contributed by atoms with Gasteiger partial charge in [0, 0.05) is 6.61 Å². The first-order valence-corrected chi connectivity index (χ1v) is 3.97. The zero-order chi connectivity index (χ0) is 6.69. The summed E-state index contributed by atoms with van der Waals surface area (Å²) in [7, 11) is 0. The highest BCUT2D eigenvalue weighted by Gasteiger charge is 2.21. The Bertz CT molecular complexity index is 70.6. The molecule has 0 aliphatic heterocycles. The molecule has 1 saturated carbocycles. The van der Waals surface area contributed by atoms with Crippen molar-refractivity contribution in [2.75, 3.05) is 6.61 Å². The van der Waals surface area contributed by atoms with Gasteiger partial charge < -0.3 is 5.11 Å². The second kappa shape index (κ2) is 3.21. The van der Waals surface area contributed by atoms with Gasteiger partial charge in [0.25, 0.3) is 0 Å². The summed E-state index contributed by atoms with van der Waals surface area (Å²) in [5.74, 6) is 1.55. The highest BCUT2D eigenvalue weighted by atomic mass is 16.3. The lowest BCUT2D eigenvalue weighted by Gasteiger charge is -2.04. The summed E-state index contributed by atoms with van der Waals surface area (Å²) >= 11 is 0. The predicted octanol–water partition coefficient (Wildman–Crippen LogP) is 1.80. The van der Waals surface area contributed by atoms with Crippen LogP contribution < -0.4 is 0 Å². The molecule has 9 heavy (non-hydrogen) atoms. The summed E-state index contributed by atoms with van der Waals surface area (Å²) in [5.41, 5.74) is 0. The van der Waals surface area contributed by atoms with Crippen LogP contribution in [0.5, 0.6) is 0 Å². The fraction of sp³-hybridized carbons (Fsp3) is 1.00. The standard InChI is InChI=1S/C8H16O/c1-2-7-3-4-8(5-7)6-9/h7-9H,2-6H2,1H3. The normalized spacial score (nSPS) is 35.3. The molecule has 1 rings (SSSR count). The van der Waals surface area contributed by atoms with Crippen molar-refractivity contribution >= 4 is 0 Å². The van der Waals surface area contributed by atoms with E-state index in [9.17, 15) is 0 Å². The maximum absolute atomic E-state index is 8.78. The third-order valence-corrected chi connectivity index (χ3v) is 2.49. The Morgan fingerprint density at radius 1 is 1.33 bits per heavy atom. The SMILES string of the molecule is CCC1CCC(CO)C1. The zero-order valence-corrected chi connectivity index (χ0v) is 6.14. The molecule has 2 unspecified atom stereocenters. The van der Waals surface area contributed by atoms with E-state index in [0.29, 0.717) is 12.5 Å². The Hall–Kier alpha value is -0.0400. The lowest BCUT2D eigenvalue weighted by molar-refractivity contribution is 0.226. The summed E-state index contributed by atoms with van der Waals surface area (Å²) in [6.07, 6.45) is 5.18. The summed E-state index contributed by atoms with van der Waals surface area (Å²) in [5, 5.41) is 8.78. The van der Waals surface area contributed by atoms with Gasteiger partial charge in [-0.05, 0) is 24.7 Å². The molecule has 0 heterocycles. The largest absolute Gasteiger partial charge is 0.396 e. The molecule has 0 amide bonds. The maximum atomic E-state index is 8.78. The number of aliphatic hydroxyl groups is 1. The van der Waals surface area contributed by atoms with Crippen LogP contribution in [0.4, 0.5) is 0 Å². The van der Waals surface area contributed by atoms with Gasteiger partial charge in [-0.25, -0.2) is 0 Å². The van der Waals surface area contributed by atoms with Crippen molar-refractivity contribution in [3.05, 3.63) is 0 Å². The number of rotatable bonds is 2. The van der Waals surface area contributed by atoms with E-state index in [1.807, 2.05) is 0 Å². The van der Waals surface area contributed by atoms with Gasteiger partial charge in [-0.2, -0.15) is 0 Å². The molecule has 1 aliphatic carbocycles. The van der Waals surface area contributed by atoms with Crippen molar-refractivity contribution in [3.63, 3.8) is 0 Å². The van der Waals surface area contributed by atoms with E-state index >= 15 is 0 Å². The van der Waals surface area contributed by atoms with E-state index in [-0.39, 0.29) is 0 Å². The Labute approximate surface area is 57.1 Å². The summed E-state index contributed by atoms with van der Waals surface area (Å²) in [6.45, 7) is 2.65. The summed E-state index contributed by atoms with van der Waals surface area (Å²) in [4.78, 5) is 0. The second-order valence-electron chi connectivity index (χ2n) is 3.14. The van der Waals surface area contributed by atoms with Gasteiger partial charge in [-0.15, -0.1) is 0 Å². The molecule has 0 spiro atoms. The van der Waals surface area contributed by atoms with Crippen LogP contribution in [0.25, 0.3) is 0 Å². The molecule has 1 nitrogen and oxygen atoms in total. The summed E-state index contributed by atoms with van der Waals surface area (Å²) in [6, 6.07) is 0. The topological polar surface area (TPSA) is 20.2 Å². The smallest absolute Gasteiger partial charge is 0.0459 e. The van der Waals surface area contributed by atoms with E-state index in [0.717, 1.165) is 5.92 Å². The van der Waals surface area contributed by atoms with Gasteiger partial charge >= 0.3 is 0 Å². The highest BCUT2D eigenvalue weighted by molar-refractivity contribution is 4.73. The quantitative estimate of drug-likeness (QED) is 0.601. The van der Waals surface area contributed by atoms with E-state index in [2.05, 4.69) is 6.92 Å². The lowest BCUT2D eigenvalue weighted by atomic mass is 10.0. The first-order chi connectivity index (χ1) is 4.36. The van der Waals surface area contributed by atoms with Crippen molar-refractivity contribution in [2.24, 2.45) is 11.8 Å². The maximum Gasteiger partial charge on any atom is 0.0459 e. The van der Waals surface area contributed by atoms with Crippen LogP contribution in [0.1, 0.15) is 32.6 Å². The van der Waals surface area contributed by atoms with Crippen LogP contribution >= 0.6 is 0 Å². The molecule has 54 valence electrons. The van der Waals surface area contributed by atoms with Gasteiger partial charge in [0.05, 0.1) is 0 Å². The van der Waals surface area contributed by atoms with E-state index < -0.39 is 0 Å². The van der Waals surface area contributed by atoms with Gasteiger partial charge in [0.15, 0.2) is 0 Å². The first kappa shape index (κ1) is 7.07. The van der Waals surface area contributed by atoms with Crippen molar-refractivity contribution in [2.45, 2.75) is 32.6 Å². The molecule has 0 bridgehead atoms. The minimum atomic E-state index is 0.413. The monoisotopic (exact) mass is 128 g/mol. The molecule has 0 aromatic carbocycles. The third-order valence-electron chi connectivity index (χ3n) is 2.49. The molecular weight excluding hydrogens is 112 g/mol. The molecule has 1 N–H and O–H groups in total. The number of aliphatic hydroxyl groups excluding tert-OH is 1. The zero-order valence-electron chi connectivity index (χ0n) is 6.14. The van der Waals surface area contributed by atoms with Crippen molar-refractivity contribution in [3.8, 4) is 0 Å². The van der Waals surface area contributed by atoms with Gasteiger partial charge in [0.1, 0.15) is 0 Å². The second-order valence-corrected chi connectivity index (χ2v) is 3.14. The number of hydrogen-bond donors (Lipinski definition) is 1. The molecule has 0 saturated heterocycles. The Kier molecular flexibility index (Phi) is 2.52. The molecule has 0 aromatic heterocycles. The molecule has 0 radical (unpaired) electrons. The summed E-state index contributed by atoms with van der Waals surface area (Å²) < 4.78 is 0. The Balaban J connectivity index is 2.20. The Morgan fingerprint density at radius 2 is 2.00 bits per heavy atom. The van der Waals surface area contributed by atoms with E-state index in [1.165, 1.54) is 25.7 Å². The lowest BCUT2D eigenvalue weighted by Crippen LogP contribution is -2.00. The van der Waals surface area contributed by atoms with Crippen LogP contribution in [-0.4, -0.2) is 11.7 Å². The molecule has 1 aliphatic rings. The van der Waals surface area contributed by atoms with Gasteiger partial charge in [-0.3, -0.25) is 0 Å². The van der Waals surface area contributed by atoms with Crippen LogP contribution in [0.3, 0.4) is 0 Å². The van der Waals surface area contributed by atoms with Gasteiger partial charge in [-0.1, -0.05) is 19.8 Å². The van der Waals surface area contributed by atoms with Crippen LogP contribution in [0, 0.1) is 11.8 Å². The minimum absolute atomic E-state index is 0.413. The average molecular weight is 128 g/mol. The Morgan fingerprint density at radius 3 is 2.33 bits per heavy atom. The highest BCUT2D eigenvalue weighted by Crippen LogP contribution is 2.32. The fourth-order valence-corrected chi connectivity index (χ4v) is 1.72. The van der Waals surface area contributed by atoms with Crippen molar-refractivity contribution in [1.29, 1.82) is 0 Å². The average Bonchev–Trinajstić information content (AvgIpc) is 2.34. The van der Waals surface area contributed by atoms with Gasteiger partial charge in [0.2, 0.25) is 0 Å². The first-order valence-electron chi connectivity index (χ1n) is 3.97. The molecule has 0 aromatic rings. The predicted molar refractivity (Wildman–Crippen MR) is 38.2 cm³/mol. The van der Waals surface area contributed by atoms with Crippen molar-refractivity contribution in [1.82, 2.24) is 0 Å². The van der Waals surface area contributed by atoms with E-state index in [4.69, 9.17) is 5.11 Å².